The van der Waals surface area contributed by atoms with Crippen LogP contribution in [0.5, 0.6) is 5.75 Å². The lowest BCUT2D eigenvalue weighted by Crippen LogP contribution is -2.40. The number of ketones is 1. The Balaban J connectivity index is 2.05. The third kappa shape index (κ3) is 5.09. The van der Waals surface area contributed by atoms with Crippen molar-refractivity contribution in [2.24, 2.45) is 0 Å². The molecule has 0 unspecified atom stereocenters. The van der Waals surface area contributed by atoms with Crippen molar-refractivity contribution in [3.05, 3.63) is 60.2 Å². The lowest BCUT2D eigenvalue weighted by atomic mass is 10.2. The van der Waals surface area contributed by atoms with E-state index in [2.05, 4.69) is 5.32 Å². The van der Waals surface area contributed by atoms with Crippen molar-refractivity contribution in [1.29, 1.82) is 0 Å². The number of methoxy groups -OCH3 is 1. The van der Waals surface area contributed by atoms with Crippen LogP contribution in [-0.4, -0.2) is 30.3 Å². The number of aliphatic hydroxyl groups excluding tert-OH is 1. The zero-order valence-corrected chi connectivity index (χ0v) is 13.2. The summed E-state index contributed by atoms with van der Waals surface area (Å²) < 4.78 is 10.8. The van der Waals surface area contributed by atoms with Gasteiger partial charge in [0.05, 0.1) is 13.7 Å². The predicted molar refractivity (Wildman–Crippen MR) is 88.3 cm³/mol. The largest absolute Gasteiger partial charge is 0.497 e. The Morgan fingerprint density at radius 1 is 1.13 bits per heavy atom. The SMILES string of the molecule is COc1ccc(N[C@H](OCc2ccccc2)[C@H](O)C(C)=O)cc1. The second-order valence-corrected chi connectivity index (χ2v) is 5.15. The van der Waals surface area contributed by atoms with E-state index in [4.69, 9.17) is 9.47 Å². The van der Waals surface area contributed by atoms with E-state index in [9.17, 15) is 9.90 Å². The van der Waals surface area contributed by atoms with Gasteiger partial charge in [0.25, 0.3) is 0 Å². The van der Waals surface area contributed by atoms with Crippen molar-refractivity contribution in [3.8, 4) is 5.75 Å². The highest BCUT2D eigenvalue weighted by Gasteiger charge is 2.24. The summed E-state index contributed by atoms with van der Waals surface area (Å²) in [6, 6.07) is 16.7. The van der Waals surface area contributed by atoms with Crippen LogP contribution in [0.1, 0.15) is 12.5 Å². The average molecular weight is 315 g/mol. The summed E-state index contributed by atoms with van der Waals surface area (Å²) in [6.07, 6.45) is -2.08. The second-order valence-electron chi connectivity index (χ2n) is 5.15. The van der Waals surface area contributed by atoms with Crippen molar-refractivity contribution in [3.63, 3.8) is 0 Å². The minimum atomic E-state index is -1.25. The van der Waals surface area contributed by atoms with Gasteiger partial charge in [-0.15, -0.1) is 0 Å². The molecule has 2 N–H and O–H groups in total. The monoisotopic (exact) mass is 315 g/mol. The molecule has 0 spiro atoms. The minimum Gasteiger partial charge on any atom is -0.497 e. The number of ether oxygens (including phenoxy) is 2. The average Bonchev–Trinajstić information content (AvgIpc) is 2.59. The third-order valence-electron chi connectivity index (χ3n) is 3.37. The quantitative estimate of drug-likeness (QED) is 0.733. The summed E-state index contributed by atoms with van der Waals surface area (Å²) in [7, 11) is 1.59. The molecule has 0 aliphatic heterocycles. The highest BCUT2D eigenvalue weighted by atomic mass is 16.5. The first-order valence-corrected chi connectivity index (χ1v) is 7.35. The van der Waals surface area contributed by atoms with E-state index < -0.39 is 12.3 Å². The first-order valence-electron chi connectivity index (χ1n) is 7.35. The molecular formula is C18H21NO4. The van der Waals surface area contributed by atoms with Gasteiger partial charge in [0.15, 0.2) is 18.1 Å². The van der Waals surface area contributed by atoms with Gasteiger partial charge in [0.2, 0.25) is 0 Å². The molecule has 23 heavy (non-hydrogen) atoms. The zero-order valence-electron chi connectivity index (χ0n) is 13.2. The fourth-order valence-corrected chi connectivity index (χ4v) is 2.04. The van der Waals surface area contributed by atoms with Gasteiger partial charge in [0, 0.05) is 5.69 Å². The molecule has 0 saturated carbocycles. The first kappa shape index (κ1) is 17.0. The Hall–Kier alpha value is -2.37. The maximum atomic E-state index is 11.5. The molecule has 0 heterocycles. The fraction of sp³-hybridized carbons (Fsp3) is 0.278. The van der Waals surface area contributed by atoms with Gasteiger partial charge in [-0.25, -0.2) is 0 Å². The van der Waals surface area contributed by atoms with Crippen LogP contribution >= 0.6 is 0 Å². The van der Waals surface area contributed by atoms with Gasteiger partial charge in [-0.3, -0.25) is 4.79 Å². The second kappa shape index (κ2) is 8.31. The molecule has 122 valence electrons. The van der Waals surface area contributed by atoms with Gasteiger partial charge >= 0.3 is 0 Å². The van der Waals surface area contributed by atoms with Crippen LogP contribution in [0.15, 0.2) is 54.6 Å². The molecule has 2 rings (SSSR count). The van der Waals surface area contributed by atoms with E-state index in [0.29, 0.717) is 6.61 Å². The van der Waals surface area contributed by atoms with Crippen LogP contribution in [0, 0.1) is 0 Å². The molecule has 5 heteroatoms. The number of anilines is 1. The summed E-state index contributed by atoms with van der Waals surface area (Å²) in [6.45, 7) is 1.62. The number of rotatable bonds is 8. The van der Waals surface area contributed by atoms with E-state index >= 15 is 0 Å². The van der Waals surface area contributed by atoms with Crippen LogP contribution in [-0.2, 0) is 16.1 Å². The highest BCUT2D eigenvalue weighted by molar-refractivity contribution is 5.81. The molecule has 5 nitrogen and oxygen atoms in total. The van der Waals surface area contributed by atoms with E-state index in [0.717, 1.165) is 17.0 Å². The smallest absolute Gasteiger partial charge is 0.162 e. The lowest BCUT2D eigenvalue weighted by molar-refractivity contribution is -0.132. The Kier molecular flexibility index (Phi) is 6.14. The molecule has 2 atom stereocenters. The summed E-state index contributed by atoms with van der Waals surface area (Å²) in [5.41, 5.74) is 1.69. The van der Waals surface area contributed by atoms with E-state index in [-0.39, 0.29) is 5.78 Å². The van der Waals surface area contributed by atoms with Crippen LogP contribution < -0.4 is 10.1 Å². The molecule has 2 aromatic carbocycles. The maximum absolute atomic E-state index is 11.5. The summed E-state index contributed by atoms with van der Waals surface area (Å²) in [5, 5.41) is 13.1. The number of carbonyl (C=O) groups is 1. The van der Waals surface area contributed by atoms with Gasteiger partial charge in [0.1, 0.15) is 5.75 Å². The summed E-state index contributed by atoms with van der Waals surface area (Å²) in [4.78, 5) is 11.5. The molecule has 0 radical (unpaired) electrons. The number of nitrogens with one attached hydrogen (secondary N) is 1. The Labute approximate surface area is 135 Å². The van der Waals surface area contributed by atoms with E-state index in [1.807, 2.05) is 30.3 Å². The molecule has 0 aliphatic rings. The molecule has 0 bridgehead atoms. The van der Waals surface area contributed by atoms with Gasteiger partial charge in [-0.1, -0.05) is 30.3 Å². The van der Waals surface area contributed by atoms with Crippen LogP contribution in [0.4, 0.5) is 5.69 Å². The highest BCUT2D eigenvalue weighted by Crippen LogP contribution is 2.17. The molecule has 0 fully saturated rings. The lowest BCUT2D eigenvalue weighted by Gasteiger charge is -2.24. The van der Waals surface area contributed by atoms with Crippen LogP contribution in [0.2, 0.25) is 0 Å². The number of aliphatic hydroxyl groups is 1. The number of hydrogen-bond donors (Lipinski definition) is 2. The number of carbonyl (C=O) groups excluding carboxylic acids is 1. The Bertz CT molecular complexity index is 613. The van der Waals surface area contributed by atoms with Crippen LogP contribution in [0.25, 0.3) is 0 Å². The zero-order chi connectivity index (χ0) is 16.7. The predicted octanol–water partition coefficient (Wildman–Crippen LogP) is 2.60. The molecule has 0 saturated heterocycles. The first-order chi connectivity index (χ1) is 11.1. The molecule has 0 aliphatic carbocycles. The van der Waals surface area contributed by atoms with E-state index in [1.54, 1.807) is 31.4 Å². The maximum Gasteiger partial charge on any atom is 0.162 e. The summed E-state index contributed by atoms with van der Waals surface area (Å²) in [5.74, 6) is 0.369. The van der Waals surface area contributed by atoms with Crippen molar-refractivity contribution < 1.29 is 19.4 Å². The van der Waals surface area contributed by atoms with Gasteiger partial charge < -0.3 is 19.9 Å². The topological polar surface area (TPSA) is 67.8 Å². The fourth-order valence-electron chi connectivity index (χ4n) is 2.04. The minimum absolute atomic E-state index is 0.291. The number of hydrogen-bond acceptors (Lipinski definition) is 5. The third-order valence-corrected chi connectivity index (χ3v) is 3.37. The number of Topliss-reactive ketones (excluding diaryl/α,β-unsaturated/α-hetero) is 1. The Morgan fingerprint density at radius 2 is 1.78 bits per heavy atom. The van der Waals surface area contributed by atoms with E-state index in [1.165, 1.54) is 6.92 Å². The van der Waals surface area contributed by atoms with Crippen molar-refractivity contribution in [2.75, 3.05) is 12.4 Å². The van der Waals surface area contributed by atoms with Gasteiger partial charge in [-0.05, 0) is 36.8 Å². The van der Waals surface area contributed by atoms with Crippen molar-refractivity contribution in [2.45, 2.75) is 25.9 Å². The van der Waals surface area contributed by atoms with Gasteiger partial charge in [-0.2, -0.15) is 0 Å². The molecule has 0 amide bonds. The Morgan fingerprint density at radius 3 is 2.35 bits per heavy atom. The van der Waals surface area contributed by atoms with Crippen molar-refractivity contribution in [1.82, 2.24) is 0 Å². The summed E-state index contributed by atoms with van der Waals surface area (Å²) >= 11 is 0. The van der Waals surface area contributed by atoms with Crippen LogP contribution in [0.3, 0.4) is 0 Å². The molecule has 2 aromatic rings. The van der Waals surface area contributed by atoms with Crippen molar-refractivity contribution >= 4 is 11.5 Å². The standard InChI is InChI=1S/C18H21NO4/c1-13(20)17(21)18(23-12-14-6-4-3-5-7-14)19-15-8-10-16(22-2)11-9-15/h3-11,17-19,21H,12H2,1-2H3/t17-,18-/m1/s1. The number of benzene rings is 2. The molecule has 0 aromatic heterocycles. The molecular weight excluding hydrogens is 294 g/mol. The normalized spacial score (nSPS) is 13.2.